The lowest BCUT2D eigenvalue weighted by atomic mass is 10.2. The molecule has 0 radical (unpaired) electrons. The second-order valence-electron chi connectivity index (χ2n) is 8.50. The normalized spacial score (nSPS) is 21.2. The third-order valence-electron chi connectivity index (χ3n) is 5.28. The Balaban J connectivity index is 1.45. The highest BCUT2D eigenvalue weighted by Gasteiger charge is 2.47. The van der Waals surface area contributed by atoms with Crippen molar-refractivity contribution >= 4 is 48.6 Å². The molecule has 37 heavy (non-hydrogen) atoms. The van der Waals surface area contributed by atoms with Crippen LogP contribution in [0.15, 0.2) is 36.7 Å². The first-order valence-corrected chi connectivity index (χ1v) is 13.6. The van der Waals surface area contributed by atoms with Crippen molar-refractivity contribution in [3.63, 3.8) is 0 Å². The number of para-hydroxylation sites is 1. The number of benzene rings is 1. The van der Waals surface area contributed by atoms with Gasteiger partial charge in [0.15, 0.2) is 29.0 Å². The second-order valence-corrected chi connectivity index (χ2v) is 10.9. The van der Waals surface area contributed by atoms with Gasteiger partial charge in [-0.2, -0.15) is 19.4 Å². The molecular weight excluding hydrogens is 525 g/mol. The van der Waals surface area contributed by atoms with Crippen LogP contribution in [0.5, 0.6) is 5.75 Å². The molecule has 3 aromatic rings. The average molecular weight is 555 g/mol. The molecule has 0 spiro atoms. The molecule has 1 fully saturated rings. The first-order chi connectivity index (χ1) is 17.7. The molecule has 15 heteroatoms. The maximum Gasteiger partial charge on any atom is 0.544 e. The van der Waals surface area contributed by atoms with E-state index in [1.54, 1.807) is 56.1 Å². The number of rotatable bonds is 11. The fourth-order valence-electron chi connectivity index (χ4n) is 3.73. The number of halogens is 1. The molecule has 0 saturated carbocycles. The zero-order valence-corrected chi connectivity index (χ0v) is 22.2. The van der Waals surface area contributed by atoms with Crippen molar-refractivity contribution in [3.8, 4) is 5.75 Å². The Morgan fingerprint density at radius 1 is 1.35 bits per heavy atom. The van der Waals surface area contributed by atoms with Crippen LogP contribution >= 0.6 is 19.7 Å². The van der Waals surface area contributed by atoms with E-state index in [1.807, 2.05) is 6.07 Å². The van der Waals surface area contributed by atoms with Gasteiger partial charge in [0.2, 0.25) is 5.95 Å². The number of ether oxygens (including phenoxy) is 2. The van der Waals surface area contributed by atoms with Crippen molar-refractivity contribution in [3.05, 3.63) is 36.7 Å². The minimum atomic E-state index is -3.74. The van der Waals surface area contributed by atoms with Crippen molar-refractivity contribution in [2.24, 2.45) is 0 Å². The van der Waals surface area contributed by atoms with Gasteiger partial charge in [-0.05, 0) is 32.4 Å². The largest absolute Gasteiger partial charge is 0.544 e. The number of nitrogen functional groups attached to an aromatic ring is 1. The highest BCUT2D eigenvalue weighted by Crippen LogP contribution is 2.53. The van der Waals surface area contributed by atoms with Gasteiger partial charge in [0, 0.05) is 7.05 Å². The molecule has 0 bridgehead atoms. The van der Waals surface area contributed by atoms with Gasteiger partial charge < -0.3 is 20.5 Å². The number of nitrogens with one attached hydrogen (secondary N) is 2. The first kappa shape index (κ1) is 27.2. The minimum Gasteiger partial charge on any atom is -0.462 e. The van der Waals surface area contributed by atoms with Gasteiger partial charge in [-0.3, -0.25) is 13.9 Å². The molecule has 4 atom stereocenters. The van der Waals surface area contributed by atoms with Crippen molar-refractivity contribution < 1.29 is 28.2 Å². The highest BCUT2D eigenvalue weighted by molar-refractivity contribution is 7.58. The molecule has 5 N–H and O–H groups in total. The molecule has 3 heterocycles. The van der Waals surface area contributed by atoms with E-state index in [-0.39, 0.29) is 25.2 Å². The van der Waals surface area contributed by atoms with Crippen LogP contribution in [0.3, 0.4) is 0 Å². The summed E-state index contributed by atoms with van der Waals surface area (Å²) in [6.07, 6.45) is 0.557. The maximum atomic E-state index is 12.0. The standard InChI is InChI=1S/C22H30ClN7O6P/c1-13(2)34-17(31)10-27-37(32,36-14-7-5-4-6-8-14)33-11-15-9-16(23)21(35-15)30-12-26-18-19(25-3)28-22(24)29-20(18)30/h4-8,12-13,15-16,21,27,32H,9-11H2,1-3H3,(H3,24,25,28,29)/q+1. The van der Waals surface area contributed by atoms with E-state index in [0.717, 1.165) is 0 Å². The Bertz CT molecular complexity index is 1220. The fraction of sp³-hybridized carbons (Fsp3) is 0.455. The molecule has 200 valence electrons. The van der Waals surface area contributed by atoms with E-state index in [2.05, 4.69) is 25.4 Å². The number of imidazole rings is 1. The summed E-state index contributed by atoms with van der Waals surface area (Å²) < 4.78 is 24.5. The van der Waals surface area contributed by atoms with Gasteiger partial charge >= 0.3 is 14.1 Å². The van der Waals surface area contributed by atoms with Gasteiger partial charge in [-0.1, -0.05) is 23.3 Å². The van der Waals surface area contributed by atoms with E-state index in [9.17, 15) is 9.69 Å². The number of nitrogens with zero attached hydrogens (tertiary/aromatic N) is 4. The van der Waals surface area contributed by atoms with Crippen LogP contribution in [0.25, 0.3) is 11.2 Å². The lowest BCUT2D eigenvalue weighted by molar-refractivity contribution is -0.146. The van der Waals surface area contributed by atoms with Crippen LogP contribution < -0.4 is 20.7 Å². The lowest BCUT2D eigenvalue weighted by Crippen LogP contribution is -2.31. The smallest absolute Gasteiger partial charge is 0.462 e. The second kappa shape index (κ2) is 11.7. The number of anilines is 2. The minimum absolute atomic E-state index is 0.0609. The third kappa shape index (κ3) is 6.75. The Morgan fingerprint density at radius 2 is 2.11 bits per heavy atom. The number of aromatic nitrogens is 4. The maximum absolute atomic E-state index is 12.0. The van der Waals surface area contributed by atoms with Gasteiger partial charge in [0.05, 0.1) is 23.9 Å². The van der Waals surface area contributed by atoms with Crippen LogP contribution in [-0.2, 0) is 18.8 Å². The van der Waals surface area contributed by atoms with Crippen molar-refractivity contribution in [2.75, 3.05) is 31.2 Å². The summed E-state index contributed by atoms with van der Waals surface area (Å²) in [7, 11) is -2.02. The van der Waals surface area contributed by atoms with E-state index in [4.69, 9.17) is 35.9 Å². The summed E-state index contributed by atoms with van der Waals surface area (Å²) in [6, 6.07) is 8.64. The summed E-state index contributed by atoms with van der Waals surface area (Å²) in [6.45, 7) is 3.10. The zero-order valence-electron chi connectivity index (χ0n) is 20.6. The lowest BCUT2D eigenvalue weighted by Gasteiger charge is -2.20. The molecule has 4 rings (SSSR count). The first-order valence-electron chi connectivity index (χ1n) is 11.6. The monoisotopic (exact) mass is 554 g/mol. The summed E-state index contributed by atoms with van der Waals surface area (Å²) in [5.41, 5.74) is 6.84. The summed E-state index contributed by atoms with van der Waals surface area (Å²) >= 11 is 6.63. The summed E-state index contributed by atoms with van der Waals surface area (Å²) in [5.74, 6) is 0.379. The summed E-state index contributed by atoms with van der Waals surface area (Å²) in [5, 5.41) is 5.17. The number of carbonyl (C=O) groups is 1. The SMILES string of the molecule is CNc1nc(N)nc2c1ncn2C1OC(CO[P+](O)(NCC(=O)OC(C)C)Oc2ccccc2)CC1Cl. The van der Waals surface area contributed by atoms with Crippen molar-refractivity contribution in [1.29, 1.82) is 0 Å². The Morgan fingerprint density at radius 3 is 2.81 bits per heavy atom. The van der Waals surface area contributed by atoms with E-state index in [1.165, 1.54) is 0 Å². The van der Waals surface area contributed by atoms with Crippen molar-refractivity contribution in [2.45, 2.75) is 44.1 Å². The van der Waals surface area contributed by atoms with Crippen molar-refractivity contribution in [1.82, 2.24) is 24.6 Å². The molecule has 13 nitrogen and oxygen atoms in total. The molecule has 0 aliphatic carbocycles. The predicted molar refractivity (Wildman–Crippen MR) is 139 cm³/mol. The van der Waals surface area contributed by atoms with Crippen LogP contribution in [0.4, 0.5) is 11.8 Å². The predicted octanol–water partition coefficient (Wildman–Crippen LogP) is 2.65. The van der Waals surface area contributed by atoms with E-state index in [0.29, 0.717) is 29.2 Å². The van der Waals surface area contributed by atoms with Crippen LogP contribution in [0.2, 0.25) is 0 Å². The number of hydrogen-bond acceptors (Lipinski definition) is 12. The molecule has 1 aliphatic rings. The Kier molecular flexibility index (Phi) is 8.63. The Labute approximate surface area is 219 Å². The molecular formula is C22H30ClN7O6P+. The van der Waals surface area contributed by atoms with E-state index < -0.39 is 31.8 Å². The molecule has 1 aromatic carbocycles. The zero-order chi connectivity index (χ0) is 26.6. The van der Waals surface area contributed by atoms with E-state index >= 15 is 0 Å². The molecule has 2 aromatic heterocycles. The topological polar surface area (TPSA) is 168 Å². The third-order valence-corrected chi connectivity index (χ3v) is 7.19. The molecule has 1 aliphatic heterocycles. The highest BCUT2D eigenvalue weighted by atomic mass is 35.5. The average Bonchev–Trinajstić information content (AvgIpc) is 3.44. The number of alkyl halides is 1. The summed E-state index contributed by atoms with van der Waals surface area (Å²) in [4.78, 5) is 36.0. The number of nitrogens with two attached hydrogens (primary N) is 1. The van der Waals surface area contributed by atoms with Crippen LogP contribution in [0.1, 0.15) is 26.5 Å². The molecule has 1 saturated heterocycles. The number of carbonyl (C=O) groups excluding carboxylic acids is 1. The fourth-order valence-corrected chi connectivity index (χ4v) is 5.42. The molecule has 4 unspecified atom stereocenters. The number of hydrogen-bond donors (Lipinski definition) is 4. The van der Waals surface area contributed by atoms with Crippen LogP contribution in [0, 0.1) is 0 Å². The van der Waals surface area contributed by atoms with Gasteiger partial charge in [-0.25, -0.2) is 4.98 Å². The van der Waals surface area contributed by atoms with Crippen LogP contribution in [-0.4, -0.2) is 68.2 Å². The quantitative estimate of drug-likeness (QED) is 0.155. The number of esters is 1. The van der Waals surface area contributed by atoms with Gasteiger partial charge in [0.25, 0.3) is 0 Å². The molecule has 0 amide bonds. The van der Waals surface area contributed by atoms with Gasteiger partial charge in [-0.15, -0.1) is 11.6 Å². The van der Waals surface area contributed by atoms with Gasteiger partial charge in [0.1, 0.15) is 13.2 Å². The number of fused-ring (bicyclic) bond motifs is 1. The Hall–Kier alpha value is -2.80.